The van der Waals surface area contributed by atoms with Gasteiger partial charge < -0.3 is 4.42 Å². The SMILES string of the molecule is c1ccc(-c2nc(-c3ccc4c(c3)oc3ccccc34)nc(-c3ccc4c(c3)sc3c(-c5ccccc5-c5cccc6sc7ccccc7c56)cccc34)n2)cc1. The predicted molar refractivity (Wildman–Crippen MR) is 240 cm³/mol. The Morgan fingerprint density at radius 3 is 1.75 bits per heavy atom. The number of thiophene rings is 2. The van der Waals surface area contributed by atoms with Crippen LogP contribution in [0.1, 0.15) is 0 Å². The van der Waals surface area contributed by atoms with E-state index in [4.69, 9.17) is 19.4 Å². The van der Waals surface area contributed by atoms with Gasteiger partial charge in [0.15, 0.2) is 17.5 Å². The Morgan fingerprint density at radius 2 is 0.912 bits per heavy atom. The molecule has 4 aromatic heterocycles. The Hall–Kier alpha value is -6.99. The van der Waals surface area contributed by atoms with Crippen LogP contribution in [0.2, 0.25) is 0 Å². The molecule has 0 fully saturated rings. The molecule has 4 nitrogen and oxygen atoms in total. The molecule has 0 bridgehead atoms. The van der Waals surface area contributed by atoms with Gasteiger partial charge >= 0.3 is 0 Å². The van der Waals surface area contributed by atoms with E-state index in [1.165, 1.54) is 62.6 Å². The molecule has 12 rings (SSSR count). The third-order valence-corrected chi connectivity index (χ3v) is 13.3. The maximum Gasteiger partial charge on any atom is 0.164 e. The molecular formula is C51H29N3OS2. The highest BCUT2D eigenvalue weighted by atomic mass is 32.1. The van der Waals surface area contributed by atoms with Crippen LogP contribution in [-0.4, -0.2) is 15.0 Å². The van der Waals surface area contributed by atoms with Crippen LogP contribution >= 0.6 is 22.7 Å². The minimum Gasteiger partial charge on any atom is -0.456 e. The fraction of sp³-hybridized carbons (Fsp3) is 0. The third-order valence-electron chi connectivity index (χ3n) is 11.0. The van der Waals surface area contributed by atoms with E-state index in [0.717, 1.165) is 38.6 Å². The molecule has 0 atom stereocenters. The Morgan fingerprint density at radius 1 is 0.333 bits per heavy atom. The molecule has 0 radical (unpaired) electrons. The lowest BCUT2D eigenvalue weighted by molar-refractivity contribution is 0.669. The topological polar surface area (TPSA) is 51.8 Å². The van der Waals surface area contributed by atoms with E-state index < -0.39 is 0 Å². The van der Waals surface area contributed by atoms with Crippen molar-refractivity contribution in [2.24, 2.45) is 0 Å². The summed E-state index contributed by atoms with van der Waals surface area (Å²) >= 11 is 3.69. The van der Waals surface area contributed by atoms with Gasteiger partial charge in [-0.1, -0.05) is 140 Å². The maximum atomic E-state index is 6.26. The zero-order valence-corrected chi connectivity index (χ0v) is 31.9. The van der Waals surface area contributed by atoms with Crippen molar-refractivity contribution in [1.29, 1.82) is 0 Å². The van der Waals surface area contributed by atoms with Crippen LogP contribution in [0.25, 0.3) is 119 Å². The number of furan rings is 1. The molecule has 0 aliphatic carbocycles. The zero-order valence-electron chi connectivity index (χ0n) is 30.3. The van der Waals surface area contributed by atoms with Gasteiger partial charge in [0.1, 0.15) is 11.2 Å². The number of hydrogen-bond acceptors (Lipinski definition) is 6. The Labute approximate surface area is 335 Å². The van der Waals surface area contributed by atoms with E-state index in [0.29, 0.717) is 17.5 Å². The van der Waals surface area contributed by atoms with Gasteiger partial charge in [-0.25, -0.2) is 15.0 Å². The summed E-state index contributed by atoms with van der Waals surface area (Å²) in [4.78, 5) is 15.2. The molecule has 0 aliphatic rings. The van der Waals surface area contributed by atoms with Gasteiger partial charge in [0.2, 0.25) is 0 Å². The summed E-state index contributed by atoms with van der Waals surface area (Å²) in [5.74, 6) is 1.86. The number of nitrogens with zero attached hydrogens (tertiary/aromatic N) is 3. The Balaban J connectivity index is 1.01. The van der Waals surface area contributed by atoms with Crippen LogP contribution in [-0.2, 0) is 0 Å². The molecule has 8 aromatic carbocycles. The largest absolute Gasteiger partial charge is 0.456 e. The lowest BCUT2D eigenvalue weighted by atomic mass is 9.91. The normalized spacial score (nSPS) is 11.9. The second-order valence-electron chi connectivity index (χ2n) is 14.3. The summed E-state index contributed by atoms with van der Waals surface area (Å²) < 4.78 is 11.3. The second-order valence-corrected chi connectivity index (χ2v) is 16.4. The number of benzene rings is 8. The highest BCUT2D eigenvalue weighted by Gasteiger charge is 2.19. The standard InChI is InChI=1S/C51H29N3OS2/c1-2-12-30(13-3-1)49-52-50(31-24-26-36-35-16-6-8-21-42(35)55-43(36)28-31)54-51(53-49)32-25-27-37-40-20-10-19-39(48(40)57-46(37)29-32)34-15-5-4-14-33(34)38-18-11-23-45-47(38)41-17-7-9-22-44(41)56-45/h1-29H. The summed E-state index contributed by atoms with van der Waals surface area (Å²) in [6.45, 7) is 0. The van der Waals surface area contributed by atoms with E-state index in [1.54, 1.807) is 0 Å². The highest BCUT2D eigenvalue weighted by Crippen LogP contribution is 2.46. The summed E-state index contributed by atoms with van der Waals surface area (Å²) in [6, 6.07) is 62.1. The summed E-state index contributed by atoms with van der Waals surface area (Å²) in [5, 5.41) is 7.26. The average molecular weight is 764 g/mol. The van der Waals surface area contributed by atoms with Crippen LogP contribution in [0.5, 0.6) is 0 Å². The molecule has 12 aromatic rings. The molecule has 0 spiro atoms. The highest BCUT2D eigenvalue weighted by molar-refractivity contribution is 7.26. The third kappa shape index (κ3) is 5.22. The maximum absolute atomic E-state index is 6.26. The Kier molecular flexibility index (Phi) is 7.24. The number of para-hydroxylation sites is 1. The van der Waals surface area contributed by atoms with Gasteiger partial charge in [-0.3, -0.25) is 0 Å². The van der Waals surface area contributed by atoms with Gasteiger partial charge in [0.25, 0.3) is 0 Å². The van der Waals surface area contributed by atoms with Gasteiger partial charge in [-0.15, -0.1) is 22.7 Å². The molecule has 0 aliphatic heterocycles. The summed E-state index contributed by atoms with van der Waals surface area (Å²) in [6.07, 6.45) is 0. The second kappa shape index (κ2) is 12.8. The predicted octanol–water partition coefficient (Wildman–Crippen LogP) is 14.8. The first kappa shape index (κ1) is 32.3. The van der Waals surface area contributed by atoms with Gasteiger partial charge in [0, 0.05) is 73.4 Å². The molecule has 4 heterocycles. The molecular weight excluding hydrogens is 735 g/mol. The molecule has 57 heavy (non-hydrogen) atoms. The molecule has 6 heteroatoms. The minimum absolute atomic E-state index is 0.602. The fourth-order valence-corrected chi connectivity index (χ4v) is 10.7. The van der Waals surface area contributed by atoms with E-state index in [9.17, 15) is 0 Å². The van der Waals surface area contributed by atoms with E-state index in [2.05, 4.69) is 121 Å². The number of rotatable bonds is 5. The molecule has 0 saturated carbocycles. The van der Waals surface area contributed by atoms with Gasteiger partial charge in [-0.2, -0.15) is 0 Å². The zero-order chi connectivity index (χ0) is 37.5. The first-order valence-corrected chi connectivity index (χ1v) is 20.6. The number of aromatic nitrogens is 3. The van der Waals surface area contributed by atoms with Gasteiger partial charge in [-0.05, 0) is 53.1 Å². The lowest BCUT2D eigenvalue weighted by Gasteiger charge is -2.13. The van der Waals surface area contributed by atoms with Crippen molar-refractivity contribution in [3.8, 4) is 56.4 Å². The summed E-state index contributed by atoms with van der Waals surface area (Å²) in [5.41, 5.74) is 9.39. The molecule has 0 amide bonds. The van der Waals surface area contributed by atoms with Crippen LogP contribution in [0.4, 0.5) is 0 Å². The molecule has 0 N–H and O–H groups in total. The average Bonchev–Trinajstić information content (AvgIpc) is 3.97. The van der Waals surface area contributed by atoms with Crippen molar-refractivity contribution in [2.75, 3.05) is 0 Å². The van der Waals surface area contributed by atoms with Crippen molar-refractivity contribution in [1.82, 2.24) is 15.0 Å². The van der Waals surface area contributed by atoms with Crippen molar-refractivity contribution in [3.05, 3.63) is 176 Å². The van der Waals surface area contributed by atoms with Crippen molar-refractivity contribution < 1.29 is 4.42 Å². The molecule has 0 unspecified atom stereocenters. The first-order chi connectivity index (χ1) is 28.2. The molecule has 0 saturated heterocycles. The number of hydrogen-bond donors (Lipinski definition) is 0. The van der Waals surface area contributed by atoms with Crippen molar-refractivity contribution in [2.45, 2.75) is 0 Å². The lowest BCUT2D eigenvalue weighted by Crippen LogP contribution is -2.00. The van der Waals surface area contributed by atoms with Crippen LogP contribution < -0.4 is 0 Å². The summed E-state index contributed by atoms with van der Waals surface area (Å²) in [7, 11) is 0. The van der Waals surface area contributed by atoms with E-state index in [-0.39, 0.29) is 0 Å². The Bertz CT molecular complexity index is 3540. The molecule has 266 valence electrons. The fourth-order valence-electron chi connectivity index (χ4n) is 8.32. The minimum atomic E-state index is 0.602. The van der Waals surface area contributed by atoms with Crippen molar-refractivity contribution in [3.63, 3.8) is 0 Å². The smallest absolute Gasteiger partial charge is 0.164 e. The first-order valence-electron chi connectivity index (χ1n) is 18.9. The monoisotopic (exact) mass is 763 g/mol. The quantitative estimate of drug-likeness (QED) is 0.175. The van der Waals surface area contributed by atoms with Gasteiger partial charge in [0.05, 0.1) is 0 Å². The van der Waals surface area contributed by atoms with Crippen molar-refractivity contribution >= 4 is 85.0 Å². The van der Waals surface area contributed by atoms with Crippen LogP contribution in [0, 0.1) is 0 Å². The number of fused-ring (bicyclic) bond motifs is 9. The van der Waals surface area contributed by atoms with E-state index >= 15 is 0 Å². The van der Waals surface area contributed by atoms with Crippen LogP contribution in [0.3, 0.4) is 0 Å². The van der Waals surface area contributed by atoms with E-state index in [1.807, 2.05) is 77.3 Å². The van der Waals surface area contributed by atoms with Crippen LogP contribution in [0.15, 0.2) is 180 Å².